The van der Waals surface area contributed by atoms with Gasteiger partial charge in [-0.05, 0) is 45.4 Å². The van der Waals surface area contributed by atoms with Gasteiger partial charge in [0.05, 0.1) is 38.5 Å². The van der Waals surface area contributed by atoms with Crippen molar-refractivity contribution in [2.24, 2.45) is 0 Å². The van der Waals surface area contributed by atoms with Crippen LogP contribution in [0.3, 0.4) is 0 Å². The van der Waals surface area contributed by atoms with Gasteiger partial charge in [0.15, 0.2) is 6.04 Å². The number of benzene rings is 1. The lowest BCUT2D eigenvalue weighted by molar-refractivity contribution is -0.902. The second-order valence-electron chi connectivity index (χ2n) is 6.13. The van der Waals surface area contributed by atoms with E-state index in [1.807, 2.05) is 27.9 Å². The van der Waals surface area contributed by atoms with E-state index < -0.39 is 5.97 Å². The molecule has 6 heteroatoms. The maximum absolute atomic E-state index is 12.6. The molecule has 0 aliphatic rings. The summed E-state index contributed by atoms with van der Waals surface area (Å²) in [5.74, 6) is -0.641. The summed E-state index contributed by atoms with van der Waals surface area (Å²) in [6.45, 7) is 8.51. The predicted molar refractivity (Wildman–Crippen MR) is 92.9 cm³/mol. The van der Waals surface area contributed by atoms with Crippen LogP contribution in [0.15, 0.2) is 12.1 Å². The Kier molecular flexibility index (Phi) is 6.59. The zero-order valence-electron chi connectivity index (χ0n) is 14.7. The number of anilines is 1. The Bertz CT molecular complexity index is 600. The van der Waals surface area contributed by atoms with E-state index in [1.165, 1.54) is 6.07 Å². The average molecular weight is 342 g/mol. The van der Waals surface area contributed by atoms with Gasteiger partial charge >= 0.3 is 5.97 Å². The Balaban J connectivity index is 3.17. The highest BCUT2D eigenvalue weighted by molar-refractivity contribution is 6.31. The number of hydrogen-bond donors (Lipinski definition) is 1. The van der Waals surface area contributed by atoms with E-state index in [9.17, 15) is 9.59 Å². The van der Waals surface area contributed by atoms with Crippen molar-refractivity contribution in [3.63, 3.8) is 0 Å². The molecule has 0 bridgehead atoms. The summed E-state index contributed by atoms with van der Waals surface area (Å²) in [7, 11) is 3.98. The molecule has 0 spiro atoms. The van der Waals surface area contributed by atoms with Crippen LogP contribution in [0, 0.1) is 6.92 Å². The van der Waals surface area contributed by atoms with E-state index in [0.717, 1.165) is 12.1 Å². The molecule has 1 atom stereocenters. The molecule has 5 nitrogen and oxygen atoms in total. The fourth-order valence-electron chi connectivity index (χ4n) is 2.10. The molecule has 0 saturated heterocycles. The minimum atomic E-state index is -0.495. The Morgan fingerprint density at radius 1 is 1.30 bits per heavy atom. The van der Waals surface area contributed by atoms with Crippen LogP contribution >= 0.6 is 11.6 Å². The summed E-state index contributed by atoms with van der Waals surface area (Å²) >= 11 is 6.04. The molecule has 1 amide bonds. The molecule has 1 N–H and O–H groups in total. The fraction of sp³-hybridized carbons (Fsp3) is 0.529. The summed E-state index contributed by atoms with van der Waals surface area (Å²) in [6.07, 6.45) is 0. The molecular formula is C17H26ClN2O3+. The summed E-state index contributed by atoms with van der Waals surface area (Å²) in [5.41, 5.74) is 1.46. The fourth-order valence-corrected chi connectivity index (χ4v) is 2.37. The van der Waals surface area contributed by atoms with Crippen molar-refractivity contribution < 1.29 is 18.8 Å². The number of amides is 1. The van der Waals surface area contributed by atoms with Gasteiger partial charge < -0.3 is 14.5 Å². The van der Waals surface area contributed by atoms with E-state index in [0.29, 0.717) is 15.2 Å². The third kappa shape index (κ3) is 4.69. The molecule has 1 unspecified atom stereocenters. The number of esters is 1. The lowest BCUT2D eigenvalue weighted by Gasteiger charge is -2.34. The number of rotatable bonds is 6. The van der Waals surface area contributed by atoms with Crippen LogP contribution < -0.4 is 5.32 Å². The number of aryl methyl sites for hydroxylation is 1. The minimum Gasteiger partial charge on any atom is -0.462 e. The van der Waals surface area contributed by atoms with Gasteiger partial charge in [-0.2, -0.15) is 0 Å². The van der Waals surface area contributed by atoms with Gasteiger partial charge in [-0.25, -0.2) is 4.79 Å². The molecule has 0 fully saturated rings. The highest BCUT2D eigenvalue weighted by Gasteiger charge is 2.30. The number of halogens is 1. The van der Waals surface area contributed by atoms with E-state index in [1.54, 1.807) is 19.9 Å². The van der Waals surface area contributed by atoms with E-state index in [4.69, 9.17) is 16.3 Å². The quantitative estimate of drug-likeness (QED) is 0.638. The smallest absolute Gasteiger partial charge is 0.340 e. The maximum Gasteiger partial charge on any atom is 0.340 e. The first-order valence-corrected chi connectivity index (χ1v) is 8.12. The van der Waals surface area contributed by atoms with Crippen LogP contribution in [0.4, 0.5) is 5.69 Å². The summed E-state index contributed by atoms with van der Waals surface area (Å²) < 4.78 is 5.61. The van der Waals surface area contributed by atoms with Crippen LogP contribution in [0.1, 0.15) is 36.7 Å². The molecular weight excluding hydrogens is 316 g/mol. The summed E-state index contributed by atoms with van der Waals surface area (Å²) in [5, 5.41) is 3.30. The number of carbonyl (C=O) groups is 2. The van der Waals surface area contributed by atoms with Crippen LogP contribution in [-0.2, 0) is 9.53 Å². The van der Waals surface area contributed by atoms with Crippen LogP contribution in [0.25, 0.3) is 0 Å². The maximum atomic E-state index is 12.6. The number of ether oxygens (including phenoxy) is 1. The molecule has 1 aromatic carbocycles. The van der Waals surface area contributed by atoms with Gasteiger partial charge in [-0.15, -0.1) is 0 Å². The molecule has 0 radical (unpaired) electrons. The van der Waals surface area contributed by atoms with Crippen LogP contribution in [0.2, 0.25) is 5.02 Å². The number of carbonyl (C=O) groups excluding carboxylic acids is 2. The SMILES string of the molecule is CCOC(=O)c1cc(Cl)cc(C)c1NC(=O)C(C)[N+](C)(C)CC. The first-order chi connectivity index (χ1) is 10.6. The van der Waals surface area contributed by atoms with E-state index >= 15 is 0 Å². The minimum absolute atomic E-state index is 0.146. The van der Waals surface area contributed by atoms with Crippen molar-refractivity contribution in [2.45, 2.75) is 33.7 Å². The molecule has 0 aliphatic heterocycles. The number of hydrogen-bond acceptors (Lipinski definition) is 3. The molecule has 0 heterocycles. The largest absolute Gasteiger partial charge is 0.462 e. The Hall–Kier alpha value is -1.59. The standard InChI is InChI=1S/C17H25ClN2O3/c1-7-20(5,6)12(4)16(21)19-15-11(3)9-13(18)10-14(15)17(22)23-8-2/h9-10,12H,7-8H2,1-6H3/p+1. The van der Waals surface area contributed by atoms with Crippen molar-refractivity contribution >= 4 is 29.2 Å². The van der Waals surface area contributed by atoms with Crippen LogP contribution in [0.5, 0.6) is 0 Å². The summed E-state index contributed by atoms with van der Waals surface area (Å²) in [6, 6.07) is 2.97. The zero-order valence-corrected chi connectivity index (χ0v) is 15.5. The van der Waals surface area contributed by atoms with Crippen molar-refractivity contribution in [2.75, 3.05) is 32.6 Å². The molecule has 0 aromatic heterocycles. The normalized spacial score (nSPS) is 12.7. The molecule has 128 valence electrons. The topological polar surface area (TPSA) is 55.4 Å². The molecule has 23 heavy (non-hydrogen) atoms. The second kappa shape index (κ2) is 7.79. The number of likely N-dealkylation sites (N-methyl/N-ethyl adjacent to an activating group) is 1. The Morgan fingerprint density at radius 2 is 1.91 bits per heavy atom. The van der Waals surface area contributed by atoms with Gasteiger partial charge in [0, 0.05) is 5.02 Å². The number of nitrogens with zero attached hydrogens (tertiary/aromatic N) is 1. The van der Waals surface area contributed by atoms with E-state index in [2.05, 4.69) is 5.32 Å². The lowest BCUT2D eigenvalue weighted by Crippen LogP contribution is -2.52. The molecule has 1 aromatic rings. The van der Waals surface area contributed by atoms with Gasteiger partial charge in [0.2, 0.25) is 0 Å². The van der Waals surface area contributed by atoms with Crippen molar-refractivity contribution in [1.82, 2.24) is 0 Å². The van der Waals surface area contributed by atoms with Gasteiger partial charge in [-0.1, -0.05) is 11.6 Å². The van der Waals surface area contributed by atoms with Crippen molar-refractivity contribution in [3.05, 3.63) is 28.3 Å². The molecule has 0 saturated carbocycles. The van der Waals surface area contributed by atoms with E-state index in [-0.39, 0.29) is 24.1 Å². The first kappa shape index (κ1) is 19.5. The zero-order chi connectivity index (χ0) is 17.8. The number of nitrogens with one attached hydrogen (secondary N) is 1. The molecule has 0 aliphatic carbocycles. The van der Waals surface area contributed by atoms with Gasteiger partial charge in [0.25, 0.3) is 5.91 Å². The highest BCUT2D eigenvalue weighted by Crippen LogP contribution is 2.27. The molecule has 1 rings (SSSR count). The Morgan fingerprint density at radius 3 is 2.43 bits per heavy atom. The van der Waals surface area contributed by atoms with Crippen molar-refractivity contribution in [3.8, 4) is 0 Å². The van der Waals surface area contributed by atoms with Crippen molar-refractivity contribution in [1.29, 1.82) is 0 Å². The average Bonchev–Trinajstić information content (AvgIpc) is 2.48. The predicted octanol–water partition coefficient (Wildman–Crippen LogP) is 3.25. The Labute approximate surface area is 143 Å². The van der Waals surface area contributed by atoms with Crippen LogP contribution in [-0.4, -0.2) is 49.6 Å². The lowest BCUT2D eigenvalue weighted by atomic mass is 10.1. The van der Waals surface area contributed by atoms with Gasteiger partial charge in [0.1, 0.15) is 0 Å². The first-order valence-electron chi connectivity index (χ1n) is 7.74. The highest BCUT2D eigenvalue weighted by atomic mass is 35.5. The van der Waals surface area contributed by atoms with Gasteiger partial charge in [-0.3, -0.25) is 4.79 Å². The number of quaternary nitrogens is 1. The third-order valence-electron chi connectivity index (χ3n) is 4.29. The second-order valence-corrected chi connectivity index (χ2v) is 6.56. The monoisotopic (exact) mass is 341 g/mol. The summed E-state index contributed by atoms with van der Waals surface area (Å²) in [4.78, 5) is 24.7. The third-order valence-corrected chi connectivity index (χ3v) is 4.50.